The molecule has 46 heavy (non-hydrogen) atoms. The fraction of sp³-hybridized carbons (Fsp3) is 0.438. The first kappa shape index (κ1) is 35.3. The molecule has 2 N–H and O–H groups in total. The van der Waals surface area contributed by atoms with Crippen molar-refractivity contribution in [1.29, 1.82) is 0 Å². The van der Waals surface area contributed by atoms with E-state index in [0.29, 0.717) is 0 Å². The quantitative estimate of drug-likeness (QED) is 0.129. The van der Waals surface area contributed by atoms with Gasteiger partial charge in [-0.1, -0.05) is 40.9 Å². The minimum atomic E-state index is -1.30. The van der Waals surface area contributed by atoms with E-state index < -0.39 is 58.1 Å². The molecule has 246 valence electrons. The van der Waals surface area contributed by atoms with Crippen LogP contribution in [0.4, 0.5) is 0 Å². The lowest BCUT2D eigenvalue weighted by Crippen LogP contribution is -2.37. The molecule has 0 saturated heterocycles. The third-order valence-electron chi connectivity index (χ3n) is 7.17. The summed E-state index contributed by atoms with van der Waals surface area (Å²) in [6.07, 6.45) is 2.26. The zero-order valence-corrected chi connectivity index (χ0v) is 26.3. The van der Waals surface area contributed by atoms with Crippen LogP contribution in [0.5, 0.6) is 0 Å². The summed E-state index contributed by atoms with van der Waals surface area (Å²) >= 11 is 0. The van der Waals surface area contributed by atoms with E-state index in [1.165, 1.54) is 0 Å². The Morgan fingerprint density at radius 1 is 0.652 bits per heavy atom. The van der Waals surface area contributed by atoms with Crippen LogP contribution in [0.2, 0.25) is 0 Å². The van der Waals surface area contributed by atoms with Gasteiger partial charge in [0.15, 0.2) is 0 Å². The van der Waals surface area contributed by atoms with Gasteiger partial charge in [-0.05, 0) is 49.0 Å². The van der Waals surface area contributed by atoms with Gasteiger partial charge in [0.1, 0.15) is 25.3 Å². The smallest absolute Gasteiger partial charge is 0.329 e. The zero-order valence-electron chi connectivity index (χ0n) is 26.3. The molecule has 0 spiro atoms. The van der Waals surface area contributed by atoms with Gasteiger partial charge in [0.2, 0.25) is 11.8 Å². The maximum Gasteiger partial charge on any atom is 0.329 e. The number of fused-ring (bicyclic) bond motifs is 2. The van der Waals surface area contributed by atoms with E-state index in [4.69, 9.17) is 9.47 Å². The van der Waals surface area contributed by atoms with E-state index in [1.54, 1.807) is 27.7 Å². The number of carbonyl (C=O) groups is 4. The first-order valence-corrected chi connectivity index (χ1v) is 14.8. The minimum Gasteiger partial charge on any atom is -0.462 e. The number of amides is 2. The third-order valence-corrected chi connectivity index (χ3v) is 7.17. The second-order valence-corrected chi connectivity index (χ2v) is 11.5. The third kappa shape index (κ3) is 7.73. The molecule has 0 radical (unpaired) electrons. The molecule has 2 amide bonds. The van der Waals surface area contributed by atoms with E-state index in [-0.39, 0.29) is 72.5 Å². The van der Waals surface area contributed by atoms with Gasteiger partial charge in [-0.25, -0.2) is 9.59 Å². The summed E-state index contributed by atoms with van der Waals surface area (Å²) in [7, 11) is 0. The van der Waals surface area contributed by atoms with Crippen molar-refractivity contribution in [2.75, 3.05) is 26.3 Å². The first-order chi connectivity index (χ1) is 21.7. The Morgan fingerprint density at radius 2 is 0.957 bits per heavy atom. The average molecular weight is 639 g/mol. The Bertz CT molecular complexity index is 1660. The monoisotopic (exact) mass is 638 g/mol. The van der Waals surface area contributed by atoms with Crippen molar-refractivity contribution in [2.45, 2.75) is 52.6 Å². The van der Waals surface area contributed by atoms with Crippen LogP contribution >= 0.6 is 0 Å². The number of nitrogens with zero attached hydrogens (tertiary/aromatic N) is 2. The number of aromatic nitrogens is 2. The number of carbonyl (C=O) groups excluding carboxylic acids is 4. The summed E-state index contributed by atoms with van der Waals surface area (Å²) in [5.41, 5.74) is -3.37. The van der Waals surface area contributed by atoms with Crippen molar-refractivity contribution in [3.05, 3.63) is 78.9 Å². The Balaban J connectivity index is 2.05. The van der Waals surface area contributed by atoms with E-state index in [0.717, 1.165) is 33.4 Å². The Kier molecular flexibility index (Phi) is 11.7. The fourth-order valence-electron chi connectivity index (χ4n) is 5.07. The van der Waals surface area contributed by atoms with Crippen LogP contribution in [0.15, 0.2) is 56.6 Å². The van der Waals surface area contributed by atoms with Crippen LogP contribution in [0.1, 0.15) is 52.6 Å². The van der Waals surface area contributed by atoms with E-state index in [9.17, 15) is 38.4 Å². The number of hydrogen-bond donors (Lipinski definition) is 2. The van der Waals surface area contributed by atoms with Crippen LogP contribution < -0.4 is 32.9 Å². The lowest BCUT2D eigenvalue weighted by atomic mass is 10.0. The topological polar surface area (TPSA) is 189 Å². The molecule has 2 heterocycles. The molecule has 2 aromatic heterocycles. The normalized spacial score (nSPS) is 12.7. The highest BCUT2D eigenvalue weighted by molar-refractivity contribution is 5.98. The summed E-state index contributed by atoms with van der Waals surface area (Å²) in [4.78, 5) is 103. The predicted octanol–water partition coefficient (Wildman–Crippen LogP) is 0.778. The van der Waals surface area contributed by atoms with Crippen LogP contribution in [-0.2, 0) is 28.7 Å². The molecule has 2 atom stereocenters. The van der Waals surface area contributed by atoms with Crippen molar-refractivity contribution in [3.63, 3.8) is 0 Å². The predicted molar refractivity (Wildman–Crippen MR) is 170 cm³/mol. The van der Waals surface area contributed by atoms with Gasteiger partial charge in [-0.15, -0.1) is 0 Å². The molecule has 3 rings (SSSR count). The first-order valence-electron chi connectivity index (χ1n) is 14.8. The highest BCUT2D eigenvalue weighted by Gasteiger charge is 2.32. The highest BCUT2D eigenvalue weighted by Crippen LogP contribution is 2.23. The van der Waals surface area contributed by atoms with Crippen molar-refractivity contribution in [1.82, 2.24) is 19.8 Å². The van der Waals surface area contributed by atoms with Crippen LogP contribution in [0, 0.1) is 11.8 Å². The number of rotatable bonds is 16. The summed E-state index contributed by atoms with van der Waals surface area (Å²) < 4.78 is 12.0. The second kappa shape index (κ2) is 15.2. The summed E-state index contributed by atoms with van der Waals surface area (Å²) in [5.74, 6) is -2.93. The van der Waals surface area contributed by atoms with E-state index in [1.807, 2.05) is 0 Å². The number of benzene rings is 1. The molecule has 14 heteroatoms. The largest absolute Gasteiger partial charge is 0.462 e. The molecular weight excluding hydrogens is 600 g/mol. The molecule has 2 unspecified atom stereocenters. The van der Waals surface area contributed by atoms with Gasteiger partial charge in [0.05, 0.1) is 34.6 Å². The molecule has 3 aromatic rings. The minimum absolute atomic E-state index is 0.0161. The average Bonchev–Trinajstić information content (AvgIpc) is 3.40. The van der Waals surface area contributed by atoms with Crippen molar-refractivity contribution in [3.8, 4) is 0 Å². The van der Waals surface area contributed by atoms with Crippen molar-refractivity contribution >= 4 is 45.3 Å². The number of hydrogen-bond acceptors (Lipinski definition) is 10. The number of nitrogens with one attached hydrogen (secondary N) is 2. The second-order valence-electron chi connectivity index (χ2n) is 11.5. The Labute approximate surface area is 263 Å². The van der Waals surface area contributed by atoms with Crippen LogP contribution in [0.25, 0.3) is 21.5 Å². The summed E-state index contributed by atoms with van der Waals surface area (Å²) in [6.45, 7) is 13.4. The maximum atomic E-state index is 13.6. The van der Waals surface area contributed by atoms with Gasteiger partial charge in [-0.2, -0.15) is 0 Å². The van der Waals surface area contributed by atoms with Gasteiger partial charge in [-0.3, -0.25) is 37.9 Å². The molecule has 1 aromatic carbocycles. The van der Waals surface area contributed by atoms with Crippen molar-refractivity contribution in [2.24, 2.45) is 11.8 Å². The van der Waals surface area contributed by atoms with Gasteiger partial charge in [0, 0.05) is 0 Å². The van der Waals surface area contributed by atoms with E-state index in [2.05, 4.69) is 23.8 Å². The number of ether oxygens (including phenoxy) is 2. The molecule has 0 saturated carbocycles. The lowest BCUT2D eigenvalue weighted by molar-refractivity contribution is -0.149. The molecule has 0 bridgehead atoms. The molecule has 0 aliphatic rings. The molecule has 0 aliphatic carbocycles. The highest BCUT2D eigenvalue weighted by atomic mass is 16.5. The number of esters is 2. The summed E-state index contributed by atoms with van der Waals surface area (Å²) in [6, 6.07) is -0.338. The Hall–Kier alpha value is -5.14. The molecule has 0 aliphatic heterocycles. The summed E-state index contributed by atoms with van der Waals surface area (Å²) in [5, 5.41) is 4.21. The molecular formula is C32H38N4O10. The van der Waals surface area contributed by atoms with Crippen LogP contribution in [-0.4, -0.2) is 59.2 Å². The lowest BCUT2D eigenvalue weighted by Gasteiger charge is -2.18. The SMILES string of the molecule is C=CC(=O)NCCOC(=O)C(CC(C)C)n1c(=O)c2cc3c(=O)n(C(CC(C)C)C(=O)OCCNC(=O)C=C)c(=O)c3cc2c1=O. The van der Waals surface area contributed by atoms with Crippen molar-refractivity contribution < 1.29 is 28.7 Å². The Morgan fingerprint density at radius 3 is 1.22 bits per heavy atom. The molecule has 0 fully saturated rings. The molecule has 14 nitrogen and oxygen atoms in total. The maximum absolute atomic E-state index is 13.6. The van der Waals surface area contributed by atoms with Gasteiger partial charge < -0.3 is 20.1 Å². The van der Waals surface area contributed by atoms with E-state index >= 15 is 0 Å². The van der Waals surface area contributed by atoms with Gasteiger partial charge >= 0.3 is 11.9 Å². The zero-order chi connectivity index (χ0) is 34.3. The standard InChI is InChI=1S/C32H38N4O10/c1-7-25(37)33-9-11-45-31(43)23(13-17(3)4)35-27(39)19-15-21-22(16-20(19)28(35)40)30(42)36(29(21)41)24(14-18(5)6)32(44)46-12-10-34-26(38)8-2/h7-8,15-18,23-24H,1-2,9-14H2,3-6H3,(H,33,37)(H,34,38). The van der Waals surface area contributed by atoms with Gasteiger partial charge in [0.25, 0.3) is 22.2 Å². The fourth-order valence-corrected chi connectivity index (χ4v) is 5.07. The van der Waals surface area contributed by atoms with Crippen LogP contribution in [0.3, 0.4) is 0 Å².